The van der Waals surface area contributed by atoms with E-state index in [0.29, 0.717) is 6.54 Å². The average Bonchev–Trinajstić information content (AvgIpc) is 2.85. The monoisotopic (exact) mass is 295 g/mol. The Hall–Kier alpha value is -0.870. The molecule has 4 heteroatoms. The number of carboxylic acid groups (broad SMARTS) is 1. The molecule has 0 radical (unpaired) electrons. The molecule has 0 aliphatic heterocycles. The first-order chi connectivity index (χ1) is 9.55. The van der Waals surface area contributed by atoms with Crippen LogP contribution in [0.2, 0.25) is 0 Å². The van der Waals surface area contributed by atoms with Crippen LogP contribution in [-0.4, -0.2) is 29.6 Å². The Kier molecular flexibility index (Phi) is 5.22. The molecular weight excluding hydrogens is 270 g/mol. The van der Waals surface area contributed by atoms with Crippen molar-refractivity contribution in [1.29, 1.82) is 0 Å². The topological polar surface area (TPSA) is 40.5 Å². The van der Waals surface area contributed by atoms with Crippen LogP contribution in [0, 0.1) is 5.41 Å². The van der Waals surface area contributed by atoms with Crippen molar-refractivity contribution < 1.29 is 9.90 Å². The summed E-state index contributed by atoms with van der Waals surface area (Å²) in [5, 5.41) is 11.8. The predicted octanol–water partition coefficient (Wildman–Crippen LogP) is 4.17. The van der Waals surface area contributed by atoms with Gasteiger partial charge in [0.05, 0.1) is 5.41 Å². The summed E-state index contributed by atoms with van der Waals surface area (Å²) in [6.45, 7) is 2.82. The van der Waals surface area contributed by atoms with Gasteiger partial charge < -0.3 is 5.11 Å². The predicted molar refractivity (Wildman–Crippen MR) is 83.1 cm³/mol. The summed E-state index contributed by atoms with van der Waals surface area (Å²) in [6.07, 6.45) is 6.10. The quantitative estimate of drug-likeness (QED) is 0.829. The molecule has 1 aliphatic rings. The van der Waals surface area contributed by atoms with E-state index < -0.39 is 11.4 Å². The highest BCUT2D eigenvalue weighted by molar-refractivity contribution is 7.10. The molecule has 0 spiro atoms. The normalized spacial score (nSPS) is 20.6. The van der Waals surface area contributed by atoms with Gasteiger partial charge in [0.15, 0.2) is 0 Å². The smallest absolute Gasteiger partial charge is 0.310 e. The number of carboxylic acids is 1. The molecule has 0 aromatic carbocycles. The van der Waals surface area contributed by atoms with Crippen LogP contribution in [0.25, 0.3) is 0 Å². The first-order valence-corrected chi connectivity index (χ1v) is 8.40. The minimum atomic E-state index is -0.607. The minimum absolute atomic E-state index is 0.287. The summed E-state index contributed by atoms with van der Waals surface area (Å²) in [7, 11) is 2.06. The Morgan fingerprint density at radius 3 is 2.55 bits per heavy atom. The van der Waals surface area contributed by atoms with Crippen molar-refractivity contribution in [2.45, 2.75) is 51.5 Å². The highest BCUT2D eigenvalue weighted by Gasteiger charge is 2.40. The van der Waals surface area contributed by atoms with Crippen LogP contribution >= 0.6 is 11.3 Å². The van der Waals surface area contributed by atoms with Crippen molar-refractivity contribution in [3.8, 4) is 0 Å². The summed E-state index contributed by atoms with van der Waals surface area (Å²) in [5.41, 5.74) is -0.545. The van der Waals surface area contributed by atoms with Gasteiger partial charge >= 0.3 is 5.97 Å². The van der Waals surface area contributed by atoms with Crippen LogP contribution in [0.15, 0.2) is 17.5 Å². The first kappa shape index (κ1) is 15.5. The molecule has 112 valence electrons. The molecule has 1 fully saturated rings. The second-order valence-corrected chi connectivity index (χ2v) is 7.09. The van der Waals surface area contributed by atoms with Gasteiger partial charge in [-0.25, -0.2) is 0 Å². The van der Waals surface area contributed by atoms with Crippen LogP contribution in [0.5, 0.6) is 0 Å². The molecule has 1 aromatic heterocycles. The number of hydrogen-bond donors (Lipinski definition) is 1. The van der Waals surface area contributed by atoms with Crippen LogP contribution < -0.4 is 0 Å². The number of aliphatic carboxylic acids is 1. The third-order valence-corrected chi connectivity index (χ3v) is 5.73. The molecule has 0 bridgehead atoms. The summed E-state index contributed by atoms with van der Waals surface area (Å²) in [4.78, 5) is 15.4. The summed E-state index contributed by atoms with van der Waals surface area (Å²) >= 11 is 1.74. The third kappa shape index (κ3) is 3.41. The zero-order chi connectivity index (χ0) is 14.6. The van der Waals surface area contributed by atoms with E-state index in [1.165, 1.54) is 17.7 Å². The van der Waals surface area contributed by atoms with Crippen LogP contribution in [-0.2, 0) is 4.79 Å². The lowest BCUT2D eigenvalue weighted by Crippen LogP contribution is -2.42. The van der Waals surface area contributed by atoms with Gasteiger partial charge in [0, 0.05) is 17.5 Å². The van der Waals surface area contributed by atoms with E-state index in [0.717, 1.165) is 25.7 Å². The first-order valence-electron chi connectivity index (χ1n) is 7.52. The van der Waals surface area contributed by atoms with Gasteiger partial charge in [-0.1, -0.05) is 31.7 Å². The number of rotatable bonds is 5. The van der Waals surface area contributed by atoms with E-state index in [4.69, 9.17) is 0 Å². The standard InChI is InChI=1S/C16H25NO2S/c1-13(14-8-7-11-20-14)17(2)12-16(15(18)19)9-5-3-4-6-10-16/h7-8,11,13H,3-6,9-10,12H2,1-2H3,(H,18,19). The van der Waals surface area contributed by atoms with Crippen LogP contribution in [0.4, 0.5) is 0 Å². The summed E-state index contributed by atoms with van der Waals surface area (Å²) < 4.78 is 0. The maximum Gasteiger partial charge on any atom is 0.310 e. The molecule has 1 aromatic rings. The van der Waals surface area contributed by atoms with Crippen molar-refractivity contribution in [1.82, 2.24) is 4.90 Å². The minimum Gasteiger partial charge on any atom is -0.481 e. The van der Waals surface area contributed by atoms with Crippen LogP contribution in [0.1, 0.15) is 56.4 Å². The molecule has 2 rings (SSSR count). The lowest BCUT2D eigenvalue weighted by molar-refractivity contribution is -0.151. The van der Waals surface area contributed by atoms with Crippen molar-refractivity contribution in [3.05, 3.63) is 22.4 Å². The van der Waals surface area contributed by atoms with E-state index in [2.05, 4.69) is 36.4 Å². The summed E-state index contributed by atoms with van der Waals surface area (Å²) in [6, 6.07) is 4.48. The lowest BCUT2D eigenvalue weighted by atomic mass is 9.79. The van der Waals surface area contributed by atoms with Crippen LogP contribution in [0.3, 0.4) is 0 Å². The van der Waals surface area contributed by atoms with E-state index >= 15 is 0 Å². The Labute approximate surface area is 125 Å². The largest absolute Gasteiger partial charge is 0.481 e. The maximum absolute atomic E-state index is 11.8. The Morgan fingerprint density at radius 2 is 2.05 bits per heavy atom. The number of hydrogen-bond acceptors (Lipinski definition) is 3. The second kappa shape index (κ2) is 6.72. The fourth-order valence-electron chi connectivity index (χ4n) is 3.21. The Morgan fingerprint density at radius 1 is 1.40 bits per heavy atom. The molecule has 3 nitrogen and oxygen atoms in total. The molecule has 1 atom stereocenters. The van der Waals surface area contributed by atoms with Crippen molar-refractivity contribution in [2.24, 2.45) is 5.41 Å². The molecule has 0 saturated heterocycles. The highest BCUT2D eigenvalue weighted by Crippen LogP contribution is 2.38. The molecule has 1 heterocycles. The lowest BCUT2D eigenvalue weighted by Gasteiger charge is -2.35. The van der Waals surface area contributed by atoms with E-state index in [1.54, 1.807) is 11.3 Å². The molecule has 20 heavy (non-hydrogen) atoms. The van der Waals surface area contributed by atoms with Gasteiger partial charge in [0.1, 0.15) is 0 Å². The number of carbonyl (C=O) groups is 1. The third-order valence-electron chi connectivity index (χ3n) is 4.68. The molecule has 1 aliphatic carbocycles. The Balaban J connectivity index is 2.09. The average molecular weight is 295 g/mol. The second-order valence-electron chi connectivity index (χ2n) is 6.11. The number of thiophene rings is 1. The highest BCUT2D eigenvalue weighted by atomic mass is 32.1. The summed E-state index contributed by atoms with van der Waals surface area (Å²) in [5.74, 6) is -0.607. The van der Waals surface area contributed by atoms with Gasteiger partial charge in [0.2, 0.25) is 0 Å². The van der Waals surface area contributed by atoms with E-state index in [9.17, 15) is 9.90 Å². The van der Waals surface area contributed by atoms with Crippen molar-refractivity contribution in [2.75, 3.05) is 13.6 Å². The zero-order valence-corrected chi connectivity index (χ0v) is 13.3. The molecular formula is C16H25NO2S. The molecule has 1 N–H and O–H groups in total. The van der Waals surface area contributed by atoms with Gasteiger partial charge in [-0.2, -0.15) is 0 Å². The number of nitrogens with zero attached hydrogens (tertiary/aromatic N) is 1. The van der Waals surface area contributed by atoms with Gasteiger partial charge in [-0.05, 0) is 38.3 Å². The maximum atomic E-state index is 11.8. The van der Waals surface area contributed by atoms with E-state index in [1.807, 2.05) is 0 Å². The molecule has 0 amide bonds. The fraction of sp³-hybridized carbons (Fsp3) is 0.688. The molecule has 1 saturated carbocycles. The van der Waals surface area contributed by atoms with Gasteiger partial charge in [-0.15, -0.1) is 11.3 Å². The zero-order valence-electron chi connectivity index (χ0n) is 12.5. The van der Waals surface area contributed by atoms with Gasteiger partial charge in [-0.3, -0.25) is 9.69 Å². The van der Waals surface area contributed by atoms with Crippen molar-refractivity contribution >= 4 is 17.3 Å². The van der Waals surface area contributed by atoms with Gasteiger partial charge in [0.25, 0.3) is 0 Å². The Bertz CT molecular complexity index is 422. The molecule has 1 unspecified atom stereocenters. The van der Waals surface area contributed by atoms with E-state index in [-0.39, 0.29) is 6.04 Å². The fourth-order valence-corrected chi connectivity index (χ4v) is 4.05. The SMILES string of the molecule is CC(c1cccs1)N(C)CC1(C(=O)O)CCCCCC1. The van der Waals surface area contributed by atoms with Crippen molar-refractivity contribution in [3.63, 3.8) is 0 Å².